The lowest BCUT2D eigenvalue weighted by Gasteiger charge is -2.14. The van der Waals surface area contributed by atoms with Gasteiger partial charge in [0.2, 0.25) is 0 Å². The molecule has 15 heavy (non-hydrogen) atoms. The van der Waals surface area contributed by atoms with Crippen molar-refractivity contribution in [2.45, 2.75) is 19.4 Å². The molecule has 0 unspecified atom stereocenters. The van der Waals surface area contributed by atoms with Crippen LogP contribution in [0, 0.1) is 0 Å². The summed E-state index contributed by atoms with van der Waals surface area (Å²) in [6, 6.07) is 1.97. The van der Waals surface area contributed by atoms with Crippen LogP contribution in [0.1, 0.15) is 17.7 Å². The van der Waals surface area contributed by atoms with Crippen LogP contribution < -0.4 is 11.1 Å². The highest BCUT2D eigenvalue weighted by molar-refractivity contribution is 7.10. The first kappa shape index (κ1) is 10.9. The standard InChI is InChI=1S/C11H19N3S/c12-10-3-8-15-11(10)9-13-4-7-14-5-1-2-6-14/h3,8,13H,1-2,4-7,9,12H2. The lowest BCUT2D eigenvalue weighted by molar-refractivity contribution is 0.336. The van der Waals surface area contributed by atoms with Crippen molar-refractivity contribution < 1.29 is 0 Å². The Morgan fingerprint density at radius 1 is 1.40 bits per heavy atom. The molecule has 0 atom stereocenters. The summed E-state index contributed by atoms with van der Waals surface area (Å²) in [6.45, 7) is 5.71. The fourth-order valence-electron chi connectivity index (χ4n) is 1.94. The normalized spacial score (nSPS) is 17.3. The summed E-state index contributed by atoms with van der Waals surface area (Å²) in [7, 11) is 0. The topological polar surface area (TPSA) is 41.3 Å². The maximum absolute atomic E-state index is 5.80. The maximum atomic E-state index is 5.80. The SMILES string of the molecule is Nc1ccsc1CNCCN1CCCC1. The molecule has 0 bridgehead atoms. The van der Waals surface area contributed by atoms with Gasteiger partial charge in [0, 0.05) is 30.2 Å². The minimum absolute atomic E-state index is 0.914. The largest absolute Gasteiger partial charge is 0.398 e. The number of likely N-dealkylation sites (tertiary alicyclic amines) is 1. The number of rotatable bonds is 5. The molecule has 0 aliphatic carbocycles. The average Bonchev–Trinajstić information content (AvgIpc) is 2.85. The van der Waals surface area contributed by atoms with Gasteiger partial charge in [-0.2, -0.15) is 0 Å². The second-order valence-corrected chi connectivity index (χ2v) is 5.03. The van der Waals surface area contributed by atoms with E-state index in [1.54, 1.807) is 11.3 Å². The Morgan fingerprint density at radius 3 is 2.87 bits per heavy atom. The summed E-state index contributed by atoms with van der Waals surface area (Å²) in [5.74, 6) is 0. The van der Waals surface area contributed by atoms with Crippen molar-refractivity contribution in [3.8, 4) is 0 Å². The molecule has 0 radical (unpaired) electrons. The number of nitrogen functional groups attached to an aromatic ring is 1. The van der Waals surface area contributed by atoms with Crippen LogP contribution in [0.2, 0.25) is 0 Å². The fourth-order valence-corrected chi connectivity index (χ4v) is 2.71. The molecule has 2 heterocycles. The lowest BCUT2D eigenvalue weighted by atomic mass is 10.4. The number of anilines is 1. The number of nitrogens with one attached hydrogen (secondary N) is 1. The van der Waals surface area contributed by atoms with Crippen LogP contribution in [0.15, 0.2) is 11.4 Å². The third kappa shape index (κ3) is 3.19. The molecule has 84 valence electrons. The molecule has 0 saturated carbocycles. The van der Waals surface area contributed by atoms with Crippen molar-refractivity contribution in [2.75, 3.05) is 31.9 Å². The van der Waals surface area contributed by atoms with Crippen molar-refractivity contribution in [2.24, 2.45) is 0 Å². The third-order valence-electron chi connectivity index (χ3n) is 2.87. The molecule has 0 aromatic carbocycles. The van der Waals surface area contributed by atoms with Gasteiger partial charge < -0.3 is 16.0 Å². The van der Waals surface area contributed by atoms with Gasteiger partial charge in [0.15, 0.2) is 0 Å². The van der Waals surface area contributed by atoms with Crippen LogP contribution in [0.3, 0.4) is 0 Å². The highest BCUT2D eigenvalue weighted by Gasteiger charge is 2.10. The van der Waals surface area contributed by atoms with E-state index < -0.39 is 0 Å². The molecule has 1 saturated heterocycles. The predicted molar refractivity (Wildman–Crippen MR) is 66.1 cm³/mol. The van der Waals surface area contributed by atoms with Crippen molar-refractivity contribution in [3.05, 3.63) is 16.3 Å². The van der Waals surface area contributed by atoms with Gasteiger partial charge in [-0.25, -0.2) is 0 Å². The molecule has 1 aromatic rings. The number of nitrogens with zero attached hydrogens (tertiary/aromatic N) is 1. The summed E-state index contributed by atoms with van der Waals surface area (Å²) >= 11 is 1.73. The Morgan fingerprint density at radius 2 is 2.20 bits per heavy atom. The van der Waals surface area contributed by atoms with Gasteiger partial charge in [0.1, 0.15) is 0 Å². The minimum Gasteiger partial charge on any atom is -0.398 e. The van der Waals surface area contributed by atoms with Gasteiger partial charge >= 0.3 is 0 Å². The van der Waals surface area contributed by atoms with E-state index in [0.717, 1.165) is 18.8 Å². The summed E-state index contributed by atoms with van der Waals surface area (Å²) in [6.07, 6.45) is 2.75. The van der Waals surface area contributed by atoms with Gasteiger partial charge in [-0.05, 0) is 37.4 Å². The summed E-state index contributed by atoms with van der Waals surface area (Å²) in [4.78, 5) is 3.78. The maximum Gasteiger partial charge on any atom is 0.0468 e. The molecule has 1 aliphatic heterocycles. The van der Waals surface area contributed by atoms with Crippen molar-refractivity contribution in [1.82, 2.24) is 10.2 Å². The fraction of sp³-hybridized carbons (Fsp3) is 0.636. The number of hydrogen-bond acceptors (Lipinski definition) is 4. The van der Waals surface area contributed by atoms with Crippen LogP contribution in [0.4, 0.5) is 5.69 Å². The van der Waals surface area contributed by atoms with Crippen LogP contribution >= 0.6 is 11.3 Å². The molecule has 1 fully saturated rings. The molecule has 3 N–H and O–H groups in total. The summed E-state index contributed by atoms with van der Waals surface area (Å²) in [5.41, 5.74) is 6.73. The van der Waals surface area contributed by atoms with E-state index in [9.17, 15) is 0 Å². The number of hydrogen-bond donors (Lipinski definition) is 2. The van der Waals surface area contributed by atoms with Gasteiger partial charge in [-0.3, -0.25) is 0 Å². The predicted octanol–water partition coefficient (Wildman–Crippen LogP) is 1.52. The smallest absolute Gasteiger partial charge is 0.0468 e. The highest BCUT2D eigenvalue weighted by Crippen LogP contribution is 2.17. The molecule has 0 spiro atoms. The van der Waals surface area contributed by atoms with E-state index in [0.29, 0.717) is 0 Å². The zero-order valence-electron chi connectivity index (χ0n) is 9.04. The molecule has 1 aliphatic rings. The molecular formula is C11H19N3S. The van der Waals surface area contributed by atoms with Gasteiger partial charge in [-0.15, -0.1) is 11.3 Å². The van der Waals surface area contributed by atoms with E-state index in [1.165, 1.54) is 37.4 Å². The zero-order chi connectivity index (χ0) is 10.5. The molecular weight excluding hydrogens is 206 g/mol. The Balaban J connectivity index is 1.60. The van der Waals surface area contributed by atoms with Crippen molar-refractivity contribution >= 4 is 17.0 Å². The quantitative estimate of drug-likeness (QED) is 0.747. The summed E-state index contributed by atoms with van der Waals surface area (Å²) < 4.78 is 0. The van der Waals surface area contributed by atoms with Crippen molar-refractivity contribution in [3.63, 3.8) is 0 Å². The lowest BCUT2D eigenvalue weighted by Crippen LogP contribution is -2.29. The first-order valence-corrected chi connectivity index (χ1v) is 6.49. The van der Waals surface area contributed by atoms with Gasteiger partial charge in [0.05, 0.1) is 0 Å². The number of nitrogens with two attached hydrogens (primary N) is 1. The van der Waals surface area contributed by atoms with E-state index >= 15 is 0 Å². The Labute approximate surface area is 95.3 Å². The van der Waals surface area contributed by atoms with Crippen LogP contribution in [-0.2, 0) is 6.54 Å². The Bertz CT molecular complexity index is 292. The van der Waals surface area contributed by atoms with Crippen molar-refractivity contribution in [1.29, 1.82) is 0 Å². The molecule has 4 heteroatoms. The zero-order valence-corrected chi connectivity index (χ0v) is 9.85. The van der Waals surface area contributed by atoms with Crippen LogP contribution in [0.25, 0.3) is 0 Å². The molecule has 2 rings (SSSR count). The second-order valence-electron chi connectivity index (χ2n) is 4.02. The van der Waals surface area contributed by atoms with E-state index in [-0.39, 0.29) is 0 Å². The van der Waals surface area contributed by atoms with E-state index in [4.69, 9.17) is 5.73 Å². The van der Waals surface area contributed by atoms with E-state index in [2.05, 4.69) is 10.2 Å². The minimum atomic E-state index is 0.914. The van der Waals surface area contributed by atoms with Gasteiger partial charge in [-0.1, -0.05) is 0 Å². The van der Waals surface area contributed by atoms with E-state index in [1.807, 2.05) is 11.4 Å². The first-order chi connectivity index (χ1) is 7.36. The van der Waals surface area contributed by atoms with Crippen LogP contribution in [0.5, 0.6) is 0 Å². The third-order valence-corrected chi connectivity index (χ3v) is 3.81. The Kier molecular flexibility index (Phi) is 4.00. The molecule has 3 nitrogen and oxygen atoms in total. The summed E-state index contributed by atoms with van der Waals surface area (Å²) in [5, 5.41) is 5.49. The highest BCUT2D eigenvalue weighted by atomic mass is 32.1. The second kappa shape index (κ2) is 5.49. The Hall–Kier alpha value is -0.580. The number of thiophene rings is 1. The monoisotopic (exact) mass is 225 g/mol. The molecule has 1 aromatic heterocycles. The van der Waals surface area contributed by atoms with Gasteiger partial charge in [0.25, 0.3) is 0 Å². The molecule has 0 amide bonds. The average molecular weight is 225 g/mol. The van der Waals surface area contributed by atoms with Crippen LogP contribution in [-0.4, -0.2) is 31.1 Å². The first-order valence-electron chi connectivity index (χ1n) is 5.61.